The van der Waals surface area contributed by atoms with Crippen LogP contribution in [0.1, 0.15) is 27.2 Å². The van der Waals surface area contributed by atoms with Crippen LogP contribution in [0.15, 0.2) is 79.4 Å². The Hall–Kier alpha value is -4.14. The average Bonchev–Trinajstić information content (AvgIpc) is 2.81. The van der Waals surface area contributed by atoms with E-state index in [0.717, 1.165) is 18.2 Å². The van der Waals surface area contributed by atoms with Crippen LogP contribution >= 0.6 is 0 Å². The van der Waals surface area contributed by atoms with Gasteiger partial charge in [0, 0.05) is 35.6 Å². The topological polar surface area (TPSA) is 67.8 Å². The molecule has 0 saturated carbocycles. The summed E-state index contributed by atoms with van der Waals surface area (Å²) >= 11 is 0. The van der Waals surface area contributed by atoms with Gasteiger partial charge in [-0.15, -0.1) is 0 Å². The zero-order chi connectivity index (χ0) is 23.4. The molecule has 4 rings (SSSR count). The number of carbonyl (C=O) groups excluding carboxylic acids is 1. The number of benzene rings is 2. The summed E-state index contributed by atoms with van der Waals surface area (Å²) in [6, 6.07) is 13.3. The summed E-state index contributed by atoms with van der Waals surface area (Å²) in [6.45, 7) is 0. The van der Waals surface area contributed by atoms with Gasteiger partial charge < -0.3 is 5.32 Å². The standard InChI is InChI=1S/C24H16F4N4O/c25-20-7-6-15(23(33)32-18-4-1-3-17(13-18)24(26,27)28)11-16(20)12-22-19(5-2-9-30-22)21-8-10-29-14-31-21/h1-11,13-14H,12H2,(H,32,33). The lowest BCUT2D eigenvalue weighted by Gasteiger charge is -2.12. The van der Waals surface area contributed by atoms with Crippen LogP contribution in [0.3, 0.4) is 0 Å². The van der Waals surface area contributed by atoms with E-state index in [2.05, 4.69) is 20.3 Å². The number of pyridine rings is 1. The van der Waals surface area contributed by atoms with Crippen molar-refractivity contribution in [3.05, 3.63) is 108 Å². The fourth-order valence-corrected chi connectivity index (χ4v) is 3.27. The molecule has 2 heterocycles. The zero-order valence-corrected chi connectivity index (χ0v) is 17.0. The summed E-state index contributed by atoms with van der Waals surface area (Å²) in [4.78, 5) is 25.1. The van der Waals surface area contributed by atoms with Crippen molar-refractivity contribution < 1.29 is 22.4 Å². The second kappa shape index (κ2) is 9.15. The normalized spacial score (nSPS) is 11.3. The number of nitrogens with one attached hydrogen (secondary N) is 1. The van der Waals surface area contributed by atoms with Gasteiger partial charge in [-0.2, -0.15) is 13.2 Å². The summed E-state index contributed by atoms with van der Waals surface area (Å²) in [7, 11) is 0. The lowest BCUT2D eigenvalue weighted by molar-refractivity contribution is -0.137. The van der Waals surface area contributed by atoms with Crippen LogP contribution in [0.2, 0.25) is 0 Å². The maximum absolute atomic E-state index is 14.6. The Bertz CT molecular complexity index is 1290. The third kappa shape index (κ3) is 5.20. The molecule has 0 saturated heterocycles. The number of alkyl halides is 3. The maximum Gasteiger partial charge on any atom is 0.416 e. The Morgan fingerprint density at radius 1 is 0.939 bits per heavy atom. The van der Waals surface area contributed by atoms with Crippen LogP contribution in [0, 0.1) is 5.82 Å². The lowest BCUT2D eigenvalue weighted by Crippen LogP contribution is -2.14. The molecule has 0 bridgehead atoms. The van der Waals surface area contributed by atoms with Crippen molar-refractivity contribution in [2.24, 2.45) is 0 Å². The van der Waals surface area contributed by atoms with E-state index in [1.54, 1.807) is 30.6 Å². The number of rotatable bonds is 5. The van der Waals surface area contributed by atoms with Gasteiger partial charge in [-0.05, 0) is 60.2 Å². The molecule has 9 heteroatoms. The molecule has 166 valence electrons. The molecule has 2 aromatic heterocycles. The maximum atomic E-state index is 14.6. The SMILES string of the molecule is O=C(Nc1cccc(C(F)(F)F)c1)c1ccc(F)c(Cc2ncccc2-c2ccncn2)c1. The van der Waals surface area contributed by atoms with Gasteiger partial charge in [0.2, 0.25) is 0 Å². The average molecular weight is 452 g/mol. The minimum Gasteiger partial charge on any atom is -0.322 e. The first-order chi connectivity index (χ1) is 15.8. The van der Waals surface area contributed by atoms with E-state index in [0.29, 0.717) is 17.0 Å². The van der Waals surface area contributed by atoms with Gasteiger partial charge in [0.05, 0.1) is 17.0 Å². The van der Waals surface area contributed by atoms with Crippen molar-refractivity contribution in [3.63, 3.8) is 0 Å². The third-order valence-corrected chi connectivity index (χ3v) is 4.86. The first kappa shape index (κ1) is 22.1. The number of amides is 1. The minimum absolute atomic E-state index is 0.0172. The van der Waals surface area contributed by atoms with Crippen molar-refractivity contribution in [2.75, 3.05) is 5.32 Å². The molecule has 0 unspecified atom stereocenters. The highest BCUT2D eigenvalue weighted by atomic mass is 19.4. The molecule has 0 spiro atoms. The Balaban J connectivity index is 1.59. The molecule has 5 nitrogen and oxygen atoms in total. The van der Waals surface area contributed by atoms with Gasteiger partial charge in [-0.25, -0.2) is 14.4 Å². The van der Waals surface area contributed by atoms with Crippen molar-refractivity contribution in [2.45, 2.75) is 12.6 Å². The molecule has 0 aliphatic heterocycles. The number of aromatic nitrogens is 3. The lowest BCUT2D eigenvalue weighted by atomic mass is 10.0. The smallest absolute Gasteiger partial charge is 0.322 e. The Morgan fingerprint density at radius 3 is 2.55 bits per heavy atom. The quantitative estimate of drug-likeness (QED) is 0.404. The second-order valence-electron chi connectivity index (χ2n) is 7.11. The Labute approximate surface area is 186 Å². The predicted octanol–water partition coefficient (Wildman–Crippen LogP) is 5.54. The van der Waals surface area contributed by atoms with Crippen molar-refractivity contribution in [1.82, 2.24) is 15.0 Å². The van der Waals surface area contributed by atoms with E-state index in [-0.39, 0.29) is 23.2 Å². The molecule has 33 heavy (non-hydrogen) atoms. The van der Waals surface area contributed by atoms with E-state index in [1.165, 1.54) is 30.6 Å². The first-order valence-corrected chi connectivity index (χ1v) is 9.78. The molecule has 1 N–H and O–H groups in total. The van der Waals surface area contributed by atoms with Gasteiger partial charge in [0.25, 0.3) is 5.91 Å². The molecule has 4 aromatic rings. The number of halogens is 4. The van der Waals surface area contributed by atoms with Crippen LogP contribution in [-0.2, 0) is 12.6 Å². The van der Waals surface area contributed by atoms with E-state index in [9.17, 15) is 22.4 Å². The van der Waals surface area contributed by atoms with Crippen LogP contribution in [0.4, 0.5) is 23.2 Å². The van der Waals surface area contributed by atoms with Gasteiger partial charge in [0.15, 0.2) is 0 Å². The van der Waals surface area contributed by atoms with Gasteiger partial charge in [-0.1, -0.05) is 6.07 Å². The summed E-state index contributed by atoms with van der Waals surface area (Å²) in [5.41, 5.74) is 1.27. The second-order valence-corrected chi connectivity index (χ2v) is 7.11. The van der Waals surface area contributed by atoms with Crippen molar-refractivity contribution in [3.8, 4) is 11.3 Å². The fourth-order valence-electron chi connectivity index (χ4n) is 3.27. The molecule has 0 atom stereocenters. The molecular formula is C24H16F4N4O. The third-order valence-electron chi connectivity index (χ3n) is 4.86. The molecular weight excluding hydrogens is 436 g/mol. The van der Waals surface area contributed by atoms with Crippen molar-refractivity contribution in [1.29, 1.82) is 0 Å². The summed E-state index contributed by atoms with van der Waals surface area (Å²) in [6.07, 6.45) is 0.0938. The number of anilines is 1. The zero-order valence-electron chi connectivity index (χ0n) is 17.0. The molecule has 0 radical (unpaired) electrons. The van der Waals surface area contributed by atoms with E-state index < -0.39 is 23.5 Å². The highest BCUT2D eigenvalue weighted by Gasteiger charge is 2.30. The van der Waals surface area contributed by atoms with E-state index in [1.807, 2.05) is 0 Å². The van der Waals surface area contributed by atoms with Crippen LogP contribution in [-0.4, -0.2) is 20.9 Å². The van der Waals surface area contributed by atoms with E-state index >= 15 is 0 Å². The number of hydrogen-bond donors (Lipinski definition) is 1. The Kier molecular flexibility index (Phi) is 6.12. The summed E-state index contributed by atoms with van der Waals surface area (Å²) in [5.74, 6) is -1.20. The van der Waals surface area contributed by atoms with Gasteiger partial charge in [-0.3, -0.25) is 9.78 Å². The first-order valence-electron chi connectivity index (χ1n) is 9.78. The van der Waals surface area contributed by atoms with E-state index in [4.69, 9.17) is 0 Å². The molecule has 0 aliphatic carbocycles. The highest BCUT2D eigenvalue weighted by molar-refractivity contribution is 6.04. The summed E-state index contributed by atoms with van der Waals surface area (Å²) in [5, 5.41) is 2.42. The minimum atomic E-state index is -4.53. The number of nitrogens with zero attached hydrogens (tertiary/aromatic N) is 3. The molecule has 2 aromatic carbocycles. The van der Waals surface area contributed by atoms with Crippen molar-refractivity contribution >= 4 is 11.6 Å². The van der Waals surface area contributed by atoms with Gasteiger partial charge >= 0.3 is 6.18 Å². The number of carbonyl (C=O) groups is 1. The predicted molar refractivity (Wildman–Crippen MR) is 114 cm³/mol. The summed E-state index contributed by atoms with van der Waals surface area (Å²) < 4.78 is 53.3. The molecule has 0 aliphatic rings. The molecule has 1 amide bonds. The largest absolute Gasteiger partial charge is 0.416 e. The Morgan fingerprint density at radius 2 is 1.79 bits per heavy atom. The number of hydrogen-bond acceptors (Lipinski definition) is 4. The van der Waals surface area contributed by atoms with Crippen LogP contribution in [0.25, 0.3) is 11.3 Å². The fraction of sp³-hybridized carbons (Fsp3) is 0.0833. The van der Waals surface area contributed by atoms with Crippen LogP contribution < -0.4 is 5.32 Å². The molecule has 0 fully saturated rings. The monoisotopic (exact) mass is 452 g/mol. The van der Waals surface area contributed by atoms with Crippen LogP contribution in [0.5, 0.6) is 0 Å². The van der Waals surface area contributed by atoms with Gasteiger partial charge in [0.1, 0.15) is 12.1 Å². The highest BCUT2D eigenvalue weighted by Crippen LogP contribution is 2.31.